The number of fused-ring (bicyclic) bond motifs is 1. The lowest BCUT2D eigenvalue weighted by Crippen LogP contribution is -2.27. The number of ether oxygens (including phenoxy) is 1. The number of carboxylic acids is 1. The molecule has 6 nitrogen and oxygen atoms in total. The summed E-state index contributed by atoms with van der Waals surface area (Å²) in [6, 6.07) is 14.7. The van der Waals surface area contributed by atoms with Crippen molar-refractivity contribution in [2.75, 3.05) is 36.5 Å². The zero-order valence-corrected chi connectivity index (χ0v) is 21.5. The molecule has 1 saturated heterocycles. The minimum atomic E-state index is -0.912. The van der Waals surface area contributed by atoms with E-state index in [4.69, 9.17) is 4.74 Å². The van der Waals surface area contributed by atoms with Crippen LogP contribution in [0.2, 0.25) is 0 Å². The Kier molecular flexibility index (Phi) is 7.42. The predicted molar refractivity (Wildman–Crippen MR) is 142 cm³/mol. The molecule has 1 aliphatic heterocycles. The summed E-state index contributed by atoms with van der Waals surface area (Å²) < 4.78 is 50.6. The maximum atomic E-state index is 15.3. The van der Waals surface area contributed by atoms with Crippen LogP contribution >= 0.6 is 11.3 Å². The number of methoxy groups -OCH3 is 1. The van der Waals surface area contributed by atoms with Gasteiger partial charge < -0.3 is 19.6 Å². The Morgan fingerprint density at radius 3 is 2.50 bits per heavy atom. The van der Waals surface area contributed by atoms with E-state index in [0.29, 0.717) is 47.0 Å². The molecule has 4 aromatic rings. The van der Waals surface area contributed by atoms with Crippen molar-refractivity contribution in [1.82, 2.24) is 4.98 Å². The van der Waals surface area contributed by atoms with Crippen molar-refractivity contribution in [2.24, 2.45) is 5.92 Å². The van der Waals surface area contributed by atoms with Crippen LogP contribution in [-0.4, -0.2) is 42.8 Å². The van der Waals surface area contributed by atoms with Crippen LogP contribution in [0.1, 0.15) is 17.5 Å². The molecule has 5 rings (SSSR count). The summed E-state index contributed by atoms with van der Waals surface area (Å²) >= 11 is 1.14. The van der Waals surface area contributed by atoms with Gasteiger partial charge in [-0.2, -0.15) is 0 Å². The molecule has 0 spiro atoms. The Balaban J connectivity index is 1.42. The summed E-state index contributed by atoms with van der Waals surface area (Å²) in [5, 5.41) is 9.72. The van der Waals surface area contributed by atoms with Crippen molar-refractivity contribution < 1.29 is 27.8 Å². The van der Waals surface area contributed by atoms with Crippen molar-refractivity contribution in [3.8, 4) is 5.75 Å². The second-order valence-electron chi connectivity index (χ2n) is 9.26. The van der Waals surface area contributed by atoms with Gasteiger partial charge in [-0.1, -0.05) is 29.5 Å². The summed E-state index contributed by atoms with van der Waals surface area (Å²) in [6.07, 6.45) is 0.988. The Morgan fingerprint density at radius 2 is 1.87 bits per heavy atom. The normalized spacial score (nSPS) is 15.3. The second kappa shape index (κ2) is 10.9. The van der Waals surface area contributed by atoms with Crippen LogP contribution in [-0.2, 0) is 17.8 Å². The number of benzene rings is 3. The van der Waals surface area contributed by atoms with Gasteiger partial charge >= 0.3 is 5.97 Å². The average Bonchev–Trinajstić information content (AvgIpc) is 3.57. The Hall–Kier alpha value is -3.79. The van der Waals surface area contributed by atoms with Gasteiger partial charge in [0.2, 0.25) is 0 Å². The summed E-state index contributed by atoms with van der Waals surface area (Å²) in [7, 11) is 1.59. The Labute approximate surface area is 221 Å². The molecule has 1 N–H and O–H groups in total. The minimum Gasteiger partial charge on any atom is -0.497 e. The number of nitrogens with zero attached hydrogens (tertiary/aromatic N) is 3. The topological polar surface area (TPSA) is 65.9 Å². The molecule has 0 radical (unpaired) electrons. The molecule has 0 unspecified atom stereocenters. The summed E-state index contributed by atoms with van der Waals surface area (Å²) in [4.78, 5) is 19.3. The van der Waals surface area contributed by atoms with Gasteiger partial charge in [0, 0.05) is 30.9 Å². The van der Waals surface area contributed by atoms with Gasteiger partial charge in [0.05, 0.1) is 29.8 Å². The minimum absolute atomic E-state index is 0.104. The van der Waals surface area contributed by atoms with Crippen LogP contribution in [0.5, 0.6) is 5.75 Å². The second-order valence-corrected chi connectivity index (χ2v) is 10.2. The van der Waals surface area contributed by atoms with Crippen LogP contribution in [0, 0.1) is 23.4 Å². The van der Waals surface area contributed by atoms with Gasteiger partial charge in [-0.15, -0.1) is 0 Å². The van der Waals surface area contributed by atoms with Crippen LogP contribution < -0.4 is 14.5 Å². The number of rotatable bonds is 9. The fourth-order valence-corrected chi connectivity index (χ4v) is 5.64. The highest BCUT2D eigenvalue weighted by molar-refractivity contribution is 7.22. The fourth-order valence-electron chi connectivity index (χ4n) is 4.65. The van der Waals surface area contributed by atoms with Crippen molar-refractivity contribution in [2.45, 2.75) is 19.4 Å². The largest absolute Gasteiger partial charge is 0.497 e. The van der Waals surface area contributed by atoms with E-state index in [1.165, 1.54) is 18.2 Å². The first-order valence-electron chi connectivity index (χ1n) is 12.2. The third kappa shape index (κ3) is 5.40. The number of carbonyl (C=O) groups is 1. The zero-order valence-electron chi connectivity index (χ0n) is 20.7. The molecule has 0 aliphatic carbocycles. The molecule has 38 heavy (non-hydrogen) atoms. The van der Waals surface area contributed by atoms with E-state index in [9.17, 15) is 14.3 Å². The number of aliphatic carboxylic acids is 1. The quantitative estimate of drug-likeness (QED) is 0.285. The van der Waals surface area contributed by atoms with E-state index >= 15 is 8.78 Å². The van der Waals surface area contributed by atoms with E-state index < -0.39 is 29.3 Å². The molecule has 1 fully saturated rings. The molecule has 3 aromatic carbocycles. The number of aromatic nitrogens is 1. The van der Waals surface area contributed by atoms with E-state index in [-0.39, 0.29) is 18.7 Å². The molecule has 1 aromatic heterocycles. The lowest BCUT2D eigenvalue weighted by Gasteiger charge is -2.24. The first kappa shape index (κ1) is 25.8. The lowest BCUT2D eigenvalue weighted by atomic mass is 10.1. The van der Waals surface area contributed by atoms with Crippen molar-refractivity contribution in [1.29, 1.82) is 0 Å². The fraction of sp³-hybridized carbons (Fsp3) is 0.286. The molecule has 1 aliphatic rings. The van der Waals surface area contributed by atoms with Crippen molar-refractivity contribution >= 4 is 38.3 Å². The molecule has 198 valence electrons. The first-order valence-corrected chi connectivity index (χ1v) is 13.0. The summed E-state index contributed by atoms with van der Waals surface area (Å²) in [6.45, 7) is 0.910. The van der Waals surface area contributed by atoms with Crippen LogP contribution in [0.3, 0.4) is 0 Å². The molecule has 10 heteroatoms. The third-order valence-electron chi connectivity index (χ3n) is 6.83. The van der Waals surface area contributed by atoms with Crippen LogP contribution in [0.15, 0.2) is 54.6 Å². The highest BCUT2D eigenvalue weighted by atomic mass is 32.1. The SMILES string of the molecule is COc1ccc(CCN(Cc2c(F)cc(N3CC[C@H](C(=O)O)C3)cc2F)c2nc3cccc(F)c3s2)cc1. The highest BCUT2D eigenvalue weighted by Gasteiger charge is 2.29. The third-order valence-corrected chi connectivity index (χ3v) is 7.97. The van der Waals surface area contributed by atoms with E-state index in [1.807, 2.05) is 24.3 Å². The van der Waals surface area contributed by atoms with Crippen LogP contribution in [0.25, 0.3) is 10.2 Å². The van der Waals surface area contributed by atoms with E-state index in [2.05, 4.69) is 4.98 Å². The number of halogens is 3. The van der Waals surface area contributed by atoms with E-state index in [0.717, 1.165) is 22.6 Å². The zero-order chi connectivity index (χ0) is 26.8. The number of anilines is 2. The molecular weight excluding hydrogens is 515 g/mol. The van der Waals surface area contributed by atoms with Gasteiger partial charge in [0.15, 0.2) is 5.13 Å². The molecule has 2 heterocycles. The van der Waals surface area contributed by atoms with Gasteiger partial charge in [0.1, 0.15) is 23.2 Å². The molecule has 1 atom stereocenters. The van der Waals surface area contributed by atoms with Gasteiger partial charge in [-0.25, -0.2) is 18.2 Å². The van der Waals surface area contributed by atoms with Crippen molar-refractivity contribution in [3.63, 3.8) is 0 Å². The molecule has 0 bridgehead atoms. The molecule has 0 saturated carbocycles. The smallest absolute Gasteiger partial charge is 0.308 e. The number of hydrogen-bond donors (Lipinski definition) is 1. The summed E-state index contributed by atoms with van der Waals surface area (Å²) in [5.74, 6) is -2.59. The van der Waals surface area contributed by atoms with Gasteiger partial charge in [0.25, 0.3) is 0 Å². The number of thiazole rings is 1. The molecular formula is C28H26F3N3O3S. The maximum Gasteiger partial charge on any atom is 0.308 e. The molecule has 0 amide bonds. The predicted octanol–water partition coefficient (Wildman–Crippen LogP) is 5.88. The van der Waals surface area contributed by atoms with Gasteiger partial charge in [-0.3, -0.25) is 4.79 Å². The number of carboxylic acid groups (broad SMARTS) is 1. The number of hydrogen-bond acceptors (Lipinski definition) is 6. The van der Waals surface area contributed by atoms with Crippen molar-refractivity contribution in [3.05, 3.63) is 83.2 Å². The summed E-state index contributed by atoms with van der Waals surface area (Å²) in [5.41, 5.74) is 1.68. The maximum absolute atomic E-state index is 15.3. The lowest BCUT2D eigenvalue weighted by molar-refractivity contribution is -0.140. The Bertz CT molecular complexity index is 1440. The average molecular weight is 542 g/mol. The monoisotopic (exact) mass is 541 g/mol. The van der Waals surface area contributed by atoms with Gasteiger partial charge in [-0.05, 0) is 54.8 Å². The highest BCUT2D eigenvalue weighted by Crippen LogP contribution is 2.33. The standard InChI is InChI=1S/C28H26F3N3O3S/c1-37-20-7-5-17(6-8-20)9-11-34(28-32-25-4-2-3-22(29)26(25)38-28)16-21-23(30)13-19(14-24(21)31)33-12-10-18(15-33)27(35)36/h2-8,13-14,18H,9-12,15-16H2,1H3,(H,35,36)/t18-/m0/s1. The first-order chi connectivity index (χ1) is 18.3. The van der Waals surface area contributed by atoms with Crippen LogP contribution in [0.4, 0.5) is 24.0 Å². The van der Waals surface area contributed by atoms with E-state index in [1.54, 1.807) is 29.0 Å². The Morgan fingerprint density at radius 1 is 1.13 bits per heavy atom.